The minimum atomic E-state index is -0.877. The molecule has 1 aromatic heterocycles. The molecule has 1 unspecified atom stereocenters. The van der Waals surface area contributed by atoms with Gasteiger partial charge in [0.2, 0.25) is 5.91 Å². The van der Waals surface area contributed by atoms with Gasteiger partial charge in [-0.05, 0) is 43.4 Å². The number of nitrogens with one attached hydrogen (secondary N) is 1. The molecule has 0 spiro atoms. The van der Waals surface area contributed by atoms with Gasteiger partial charge in [0.15, 0.2) is 0 Å². The normalized spacial score (nSPS) is 12.3. The first-order valence-electron chi connectivity index (χ1n) is 7.74. The first-order valence-corrected chi connectivity index (χ1v) is 8.79. The largest absolute Gasteiger partial charge is 0.480 e. The predicted octanol–water partition coefficient (Wildman–Crippen LogP) is 3.59. The van der Waals surface area contributed by atoms with E-state index in [4.69, 9.17) is 5.11 Å². The summed E-state index contributed by atoms with van der Waals surface area (Å²) in [4.78, 5) is 23.0. The summed E-state index contributed by atoms with van der Waals surface area (Å²) >= 11 is 1.66. The molecule has 0 fully saturated rings. The highest BCUT2D eigenvalue weighted by atomic mass is 32.2. The third-order valence-electron chi connectivity index (χ3n) is 3.58. The topological polar surface area (TPSA) is 71.3 Å². The van der Waals surface area contributed by atoms with Crippen LogP contribution in [0.25, 0.3) is 10.9 Å². The summed E-state index contributed by atoms with van der Waals surface area (Å²) in [6, 6.07) is 7.37. The highest BCUT2D eigenvalue weighted by molar-refractivity contribution is 8.00. The average Bonchev–Trinajstić information content (AvgIpc) is 2.89. The molecule has 1 atom stereocenters. The van der Waals surface area contributed by atoms with Crippen LogP contribution in [0.2, 0.25) is 0 Å². The summed E-state index contributed by atoms with van der Waals surface area (Å²) in [6.45, 7) is 3.98. The molecule has 6 heteroatoms. The minimum Gasteiger partial charge on any atom is -0.480 e. The van der Waals surface area contributed by atoms with Crippen molar-refractivity contribution in [1.82, 2.24) is 4.57 Å². The van der Waals surface area contributed by atoms with Crippen LogP contribution in [0.5, 0.6) is 0 Å². The van der Waals surface area contributed by atoms with Crippen LogP contribution in [0.4, 0.5) is 5.69 Å². The van der Waals surface area contributed by atoms with Crippen molar-refractivity contribution in [3.63, 3.8) is 0 Å². The molecule has 1 heterocycles. The van der Waals surface area contributed by atoms with Crippen LogP contribution < -0.4 is 5.32 Å². The van der Waals surface area contributed by atoms with E-state index >= 15 is 0 Å². The van der Waals surface area contributed by atoms with Crippen molar-refractivity contribution in [2.24, 2.45) is 0 Å². The van der Waals surface area contributed by atoms with Gasteiger partial charge < -0.3 is 15.0 Å². The van der Waals surface area contributed by atoms with Crippen molar-refractivity contribution >= 4 is 40.2 Å². The molecule has 23 heavy (non-hydrogen) atoms. The maximum Gasteiger partial charge on any atom is 0.323 e. The van der Waals surface area contributed by atoms with E-state index in [1.54, 1.807) is 22.5 Å². The van der Waals surface area contributed by atoms with Gasteiger partial charge in [-0.15, -0.1) is 11.8 Å². The summed E-state index contributed by atoms with van der Waals surface area (Å²) in [6.07, 6.45) is 3.99. The second kappa shape index (κ2) is 8.06. The zero-order valence-corrected chi connectivity index (χ0v) is 14.2. The first kappa shape index (κ1) is 17.4. The van der Waals surface area contributed by atoms with Gasteiger partial charge in [-0.3, -0.25) is 9.59 Å². The van der Waals surface area contributed by atoms with Crippen LogP contribution in [0.15, 0.2) is 30.5 Å². The number of benzene rings is 1. The monoisotopic (exact) mass is 334 g/mol. The van der Waals surface area contributed by atoms with E-state index in [0.717, 1.165) is 35.2 Å². The number of hydrogen-bond donors (Lipinski definition) is 2. The summed E-state index contributed by atoms with van der Waals surface area (Å²) in [7, 11) is 0. The van der Waals surface area contributed by atoms with Crippen molar-refractivity contribution < 1.29 is 14.7 Å². The number of unbranched alkanes of at least 4 members (excludes halogenated alkanes) is 1. The SMILES string of the molecule is CCCCSC(C)C(=O)Nc1ccc2c(ccn2CC(=O)O)c1. The maximum atomic E-state index is 12.2. The third-order valence-corrected chi connectivity index (χ3v) is 4.82. The van der Waals surface area contributed by atoms with Gasteiger partial charge in [0.25, 0.3) is 0 Å². The summed E-state index contributed by atoms with van der Waals surface area (Å²) in [5, 5.41) is 12.6. The number of carboxylic acids is 1. The number of aliphatic carboxylic acids is 1. The van der Waals surface area contributed by atoms with Crippen molar-refractivity contribution in [2.45, 2.75) is 38.5 Å². The molecule has 0 aliphatic rings. The highest BCUT2D eigenvalue weighted by Crippen LogP contribution is 2.22. The lowest BCUT2D eigenvalue weighted by atomic mass is 10.2. The number of carboxylic acid groups (broad SMARTS) is 1. The molecule has 5 nitrogen and oxygen atoms in total. The molecule has 1 amide bonds. The van der Waals surface area contributed by atoms with E-state index < -0.39 is 5.97 Å². The summed E-state index contributed by atoms with van der Waals surface area (Å²) in [5.74, 6) is 0.107. The molecule has 0 aliphatic heterocycles. The molecule has 2 aromatic rings. The maximum absolute atomic E-state index is 12.2. The second-order valence-electron chi connectivity index (χ2n) is 5.47. The average molecular weight is 334 g/mol. The molecule has 0 saturated heterocycles. The number of aromatic nitrogens is 1. The summed E-state index contributed by atoms with van der Waals surface area (Å²) in [5.41, 5.74) is 1.58. The van der Waals surface area contributed by atoms with E-state index in [2.05, 4.69) is 12.2 Å². The third kappa shape index (κ3) is 4.76. The van der Waals surface area contributed by atoms with Gasteiger partial charge in [-0.2, -0.15) is 0 Å². The van der Waals surface area contributed by atoms with Crippen LogP contribution >= 0.6 is 11.8 Å². The Kier molecular flexibility index (Phi) is 6.10. The zero-order chi connectivity index (χ0) is 16.8. The molecule has 1 aromatic carbocycles. The van der Waals surface area contributed by atoms with E-state index in [9.17, 15) is 9.59 Å². The lowest BCUT2D eigenvalue weighted by Crippen LogP contribution is -2.22. The number of fused-ring (bicyclic) bond motifs is 1. The van der Waals surface area contributed by atoms with Crippen LogP contribution in [0.1, 0.15) is 26.7 Å². The summed E-state index contributed by atoms with van der Waals surface area (Å²) < 4.78 is 1.67. The fourth-order valence-electron chi connectivity index (χ4n) is 2.29. The number of anilines is 1. The van der Waals surface area contributed by atoms with Crippen molar-refractivity contribution in [3.8, 4) is 0 Å². The lowest BCUT2D eigenvalue weighted by Gasteiger charge is -2.12. The van der Waals surface area contributed by atoms with Gasteiger partial charge in [0.05, 0.1) is 5.25 Å². The molecule has 124 valence electrons. The van der Waals surface area contributed by atoms with Crippen molar-refractivity contribution in [1.29, 1.82) is 0 Å². The number of thioether (sulfide) groups is 1. The van der Waals surface area contributed by atoms with Crippen LogP contribution in [0, 0.1) is 0 Å². The smallest absolute Gasteiger partial charge is 0.323 e. The fraction of sp³-hybridized carbons (Fsp3) is 0.412. The van der Waals surface area contributed by atoms with Crippen molar-refractivity contribution in [2.75, 3.05) is 11.1 Å². The van der Waals surface area contributed by atoms with Gasteiger partial charge in [0.1, 0.15) is 6.54 Å². The van der Waals surface area contributed by atoms with Gasteiger partial charge in [-0.25, -0.2) is 0 Å². The van der Waals surface area contributed by atoms with Crippen LogP contribution in [0.3, 0.4) is 0 Å². The number of carbonyl (C=O) groups is 2. The molecule has 0 bridgehead atoms. The highest BCUT2D eigenvalue weighted by Gasteiger charge is 2.13. The van der Waals surface area contributed by atoms with Crippen LogP contribution in [-0.2, 0) is 16.1 Å². The van der Waals surface area contributed by atoms with Crippen molar-refractivity contribution in [3.05, 3.63) is 30.5 Å². The number of hydrogen-bond acceptors (Lipinski definition) is 3. The number of rotatable bonds is 8. The standard InChI is InChI=1S/C17H22N2O3S/c1-3-4-9-23-12(2)17(22)18-14-5-6-15-13(10-14)7-8-19(15)11-16(20)21/h5-8,10,12H,3-4,9,11H2,1-2H3,(H,18,22)(H,20,21). The van der Waals surface area contributed by atoms with Gasteiger partial charge >= 0.3 is 5.97 Å². The Bertz CT molecular complexity index is 696. The Morgan fingerprint density at radius 3 is 2.83 bits per heavy atom. The van der Waals surface area contributed by atoms with E-state index in [-0.39, 0.29) is 17.7 Å². The first-order chi connectivity index (χ1) is 11.0. The minimum absolute atomic E-state index is 0.00424. The molecule has 0 aliphatic carbocycles. The molecular weight excluding hydrogens is 312 g/mol. The molecule has 0 saturated carbocycles. The molecular formula is C17H22N2O3S. The number of amides is 1. The Morgan fingerprint density at radius 2 is 2.13 bits per heavy atom. The second-order valence-corrected chi connectivity index (χ2v) is 6.92. The Morgan fingerprint density at radius 1 is 1.35 bits per heavy atom. The van der Waals surface area contributed by atoms with E-state index in [0.29, 0.717) is 0 Å². The number of carbonyl (C=O) groups excluding carboxylic acids is 1. The number of nitrogens with zero attached hydrogens (tertiary/aromatic N) is 1. The predicted molar refractivity (Wildman–Crippen MR) is 95.0 cm³/mol. The fourth-order valence-corrected chi connectivity index (χ4v) is 3.30. The van der Waals surface area contributed by atoms with Gasteiger partial charge in [0, 0.05) is 22.8 Å². The lowest BCUT2D eigenvalue weighted by molar-refractivity contribution is -0.137. The Hall–Kier alpha value is -1.95. The molecule has 2 rings (SSSR count). The molecule has 0 radical (unpaired) electrons. The van der Waals surface area contributed by atoms with E-state index in [1.807, 2.05) is 31.2 Å². The van der Waals surface area contributed by atoms with E-state index in [1.165, 1.54) is 0 Å². The Labute approximate surface area is 140 Å². The Balaban J connectivity index is 2.03. The van der Waals surface area contributed by atoms with Gasteiger partial charge in [-0.1, -0.05) is 13.3 Å². The molecule has 2 N–H and O–H groups in total. The zero-order valence-electron chi connectivity index (χ0n) is 13.4. The quantitative estimate of drug-likeness (QED) is 0.724. The van der Waals surface area contributed by atoms with Crippen LogP contribution in [-0.4, -0.2) is 32.6 Å².